The van der Waals surface area contributed by atoms with Crippen LogP contribution in [0.25, 0.3) is 11.0 Å². The third-order valence-corrected chi connectivity index (χ3v) is 6.91. The molecule has 9 nitrogen and oxygen atoms in total. The van der Waals surface area contributed by atoms with Gasteiger partial charge in [-0.15, -0.1) is 0 Å². The van der Waals surface area contributed by atoms with Crippen LogP contribution >= 0.6 is 0 Å². The number of nitrogens with one attached hydrogen (secondary N) is 3. The molecule has 0 bridgehead atoms. The van der Waals surface area contributed by atoms with E-state index in [0.717, 1.165) is 27.8 Å². The van der Waals surface area contributed by atoms with Crippen molar-refractivity contribution in [3.63, 3.8) is 0 Å². The van der Waals surface area contributed by atoms with Gasteiger partial charge in [-0.25, -0.2) is 4.98 Å². The number of ether oxygens (including phenoxy) is 1. The number of H-pyrrole nitrogens is 1. The number of para-hydroxylation sites is 3. The van der Waals surface area contributed by atoms with E-state index in [4.69, 9.17) is 4.74 Å². The first-order valence-electron chi connectivity index (χ1n) is 13.8. The van der Waals surface area contributed by atoms with Crippen LogP contribution in [0.2, 0.25) is 0 Å². The Kier molecular flexibility index (Phi) is 8.05. The van der Waals surface area contributed by atoms with E-state index < -0.39 is 5.60 Å². The van der Waals surface area contributed by atoms with Crippen molar-refractivity contribution in [1.29, 1.82) is 0 Å². The van der Waals surface area contributed by atoms with Gasteiger partial charge in [0.2, 0.25) is 17.8 Å². The molecule has 0 aliphatic carbocycles. The van der Waals surface area contributed by atoms with Crippen molar-refractivity contribution in [1.82, 2.24) is 15.3 Å². The van der Waals surface area contributed by atoms with Crippen LogP contribution in [0.3, 0.4) is 0 Å². The average Bonchev–Trinajstić information content (AvgIpc) is 3.29. The first-order valence-corrected chi connectivity index (χ1v) is 13.8. The Hall–Kier alpha value is -4.66. The number of hydrogen-bond donors (Lipinski definition) is 3. The number of carbonyl (C=O) groups excluding carboxylic acids is 3. The third kappa shape index (κ3) is 7.11. The summed E-state index contributed by atoms with van der Waals surface area (Å²) in [6.45, 7) is 5.74. The van der Waals surface area contributed by atoms with Gasteiger partial charge in [0.15, 0.2) is 0 Å². The number of nitrogens with zero attached hydrogens (tertiary/aromatic N) is 2. The van der Waals surface area contributed by atoms with Crippen LogP contribution in [0.5, 0.6) is 0 Å². The highest BCUT2D eigenvalue weighted by molar-refractivity contribution is 6.00. The van der Waals surface area contributed by atoms with Crippen molar-refractivity contribution in [2.24, 2.45) is 0 Å². The lowest BCUT2D eigenvalue weighted by Crippen LogP contribution is -2.40. The largest absolute Gasteiger partial charge is 0.460 e. The van der Waals surface area contributed by atoms with Crippen LogP contribution in [0, 0.1) is 0 Å². The fourth-order valence-corrected chi connectivity index (χ4v) is 5.03. The minimum absolute atomic E-state index is 0.0965. The minimum atomic E-state index is -0.577. The maximum atomic E-state index is 13.1. The number of rotatable bonds is 8. The van der Waals surface area contributed by atoms with Crippen molar-refractivity contribution in [3.05, 3.63) is 83.9 Å². The number of carbonyl (C=O) groups is 3. The van der Waals surface area contributed by atoms with Gasteiger partial charge in [0.05, 0.1) is 17.5 Å². The molecule has 2 amide bonds. The molecule has 1 unspecified atom stereocenters. The Labute approximate surface area is 239 Å². The number of aromatic nitrogens is 2. The Morgan fingerprint density at radius 1 is 1.02 bits per heavy atom. The van der Waals surface area contributed by atoms with E-state index in [1.165, 1.54) is 4.90 Å². The van der Waals surface area contributed by atoms with Gasteiger partial charge in [-0.3, -0.25) is 14.4 Å². The maximum Gasteiger partial charge on any atom is 0.306 e. The Balaban J connectivity index is 1.19. The van der Waals surface area contributed by atoms with Gasteiger partial charge in [-0.05, 0) is 74.6 Å². The molecule has 5 rings (SSSR count). The molecule has 2 heterocycles. The summed E-state index contributed by atoms with van der Waals surface area (Å²) in [5.74, 6) is -0.203. The topological polar surface area (TPSA) is 116 Å². The molecular weight excluding hydrogens is 518 g/mol. The van der Waals surface area contributed by atoms with Crippen molar-refractivity contribution in [2.75, 3.05) is 16.8 Å². The predicted molar refractivity (Wildman–Crippen MR) is 159 cm³/mol. The molecule has 0 saturated heterocycles. The first-order chi connectivity index (χ1) is 19.6. The number of benzene rings is 3. The highest BCUT2D eigenvalue weighted by Gasteiger charge is 2.31. The second-order valence-electron chi connectivity index (χ2n) is 11.3. The van der Waals surface area contributed by atoms with Crippen LogP contribution in [-0.4, -0.2) is 39.9 Å². The smallest absolute Gasteiger partial charge is 0.306 e. The fraction of sp³-hybridized carbons (Fsp3) is 0.312. The van der Waals surface area contributed by atoms with Crippen LogP contribution < -0.4 is 15.5 Å². The second-order valence-corrected chi connectivity index (χ2v) is 11.3. The van der Waals surface area contributed by atoms with Gasteiger partial charge >= 0.3 is 5.97 Å². The molecule has 0 radical (unpaired) electrons. The summed E-state index contributed by atoms with van der Waals surface area (Å²) in [6.07, 6.45) is 0.944. The number of aromatic amines is 1. The molecule has 3 N–H and O–H groups in total. The number of esters is 1. The normalized spacial score (nSPS) is 15.2. The molecule has 1 aliphatic rings. The Morgan fingerprint density at radius 3 is 2.51 bits per heavy atom. The van der Waals surface area contributed by atoms with E-state index in [9.17, 15) is 14.4 Å². The summed E-state index contributed by atoms with van der Waals surface area (Å²) >= 11 is 0. The molecule has 1 aliphatic heterocycles. The zero-order valence-electron chi connectivity index (χ0n) is 23.6. The summed E-state index contributed by atoms with van der Waals surface area (Å²) < 4.78 is 5.53. The van der Waals surface area contributed by atoms with Crippen molar-refractivity contribution >= 4 is 46.1 Å². The first kappa shape index (κ1) is 27.9. The summed E-state index contributed by atoms with van der Waals surface area (Å²) in [6, 6.07) is 23.0. The molecule has 41 heavy (non-hydrogen) atoms. The van der Waals surface area contributed by atoms with Gasteiger partial charge in [-0.2, -0.15) is 0 Å². The van der Waals surface area contributed by atoms with E-state index in [1.54, 1.807) is 0 Å². The summed E-state index contributed by atoms with van der Waals surface area (Å²) in [4.78, 5) is 47.9. The van der Waals surface area contributed by atoms with E-state index >= 15 is 0 Å². The highest BCUT2D eigenvalue weighted by Crippen LogP contribution is 2.37. The SMILES string of the molecule is CC(C)(C)OC(=O)CC1CCC(=O)N(CC(=O)NCc2ccc(Nc3nc4ccccc4[nH]3)cc2)c2ccccc21. The maximum absolute atomic E-state index is 13.1. The fourth-order valence-electron chi connectivity index (χ4n) is 5.03. The molecule has 1 atom stereocenters. The van der Waals surface area contributed by atoms with E-state index in [1.807, 2.05) is 93.6 Å². The predicted octanol–water partition coefficient (Wildman–Crippen LogP) is 5.57. The zero-order valence-corrected chi connectivity index (χ0v) is 23.6. The van der Waals surface area contributed by atoms with E-state index in [0.29, 0.717) is 24.6 Å². The van der Waals surface area contributed by atoms with Crippen molar-refractivity contribution in [3.8, 4) is 0 Å². The van der Waals surface area contributed by atoms with Crippen LogP contribution in [-0.2, 0) is 25.7 Å². The molecule has 0 spiro atoms. The molecule has 0 fully saturated rings. The number of fused-ring (bicyclic) bond motifs is 2. The van der Waals surface area contributed by atoms with Gasteiger partial charge in [-0.1, -0.05) is 42.5 Å². The second kappa shape index (κ2) is 11.8. The van der Waals surface area contributed by atoms with Crippen LogP contribution in [0.4, 0.5) is 17.3 Å². The Morgan fingerprint density at radius 2 is 1.76 bits per heavy atom. The molecule has 3 aromatic carbocycles. The standard InChI is InChI=1S/C32H35N5O4/c1-32(2,3)41-30(40)18-22-14-17-29(39)37(27-11-7-4-8-24(22)27)20-28(38)33-19-21-12-15-23(16-13-21)34-31-35-25-9-5-6-10-26(25)36-31/h4-13,15-16,22H,14,17-20H2,1-3H3,(H,33,38)(H2,34,35,36). The third-order valence-electron chi connectivity index (χ3n) is 6.91. The van der Waals surface area contributed by atoms with Crippen molar-refractivity contribution < 1.29 is 19.1 Å². The lowest BCUT2D eigenvalue weighted by Gasteiger charge is -2.24. The highest BCUT2D eigenvalue weighted by atomic mass is 16.6. The molecule has 4 aromatic rings. The van der Waals surface area contributed by atoms with Crippen LogP contribution in [0.1, 0.15) is 57.1 Å². The van der Waals surface area contributed by atoms with Gasteiger partial charge in [0.25, 0.3) is 0 Å². The quantitative estimate of drug-likeness (QED) is 0.246. The molecule has 9 heteroatoms. The molecule has 0 saturated carbocycles. The lowest BCUT2D eigenvalue weighted by molar-refractivity contribution is -0.155. The minimum Gasteiger partial charge on any atom is -0.460 e. The average molecular weight is 554 g/mol. The monoisotopic (exact) mass is 553 g/mol. The summed E-state index contributed by atoms with van der Waals surface area (Å²) in [5.41, 5.74) is 4.61. The molecule has 212 valence electrons. The zero-order chi connectivity index (χ0) is 29.0. The van der Waals surface area contributed by atoms with Gasteiger partial charge in [0.1, 0.15) is 12.1 Å². The number of imidazole rings is 1. The number of anilines is 3. The van der Waals surface area contributed by atoms with Gasteiger partial charge in [0, 0.05) is 24.3 Å². The van der Waals surface area contributed by atoms with Gasteiger partial charge < -0.3 is 25.3 Å². The molecular formula is C32H35N5O4. The van der Waals surface area contributed by atoms with E-state index in [2.05, 4.69) is 20.6 Å². The molecule has 1 aromatic heterocycles. The van der Waals surface area contributed by atoms with Crippen LogP contribution in [0.15, 0.2) is 72.8 Å². The summed E-state index contributed by atoms with van der Waals surface area (Å²) in [5, 5.41) is 6.19. The van der Waals surface area contributed by atoms with Crippen molar-refractivity contribution in [2.45, 2.75) is 58.1 Å². The van der Waals surface area contributed by atoms with E-state index in [-0.39, 0.29) is 43.1 Å². The number of hydrogen-bond acceptors (Lipinski definition) is 6. The lowest BCUT2D eigenvalue weighted by atomic mass is 9.91. The summed E-state index contributed by atoms with van der Waals surface area (Å²) in [7, 11) is 0. The number of amides is 2. The Bertz CT molecular complexity index is 1520.